The molecule has 2 aromatic rings. The first-order chi connectivity index (χ1) is 15.3. The minimum Gasteiger partial charge on any atom is -0.381 e. The Balaban J connectivity index is 1.90. The van der Waals surface area contributed by atoms with E-state index < -0.39 is 0 Å². The lowest BCUT2D eigenvalue weighted by Crippen LogP contribution is -2.34. The molecular formula is C27H34N2O3. The molecule has 32 heavy (non-hydrogen) atoms. The number of nitrogens with one attached hydrogen (secondary N) is 1. The van der Waals surface area contributed by atoms with Gasteiger partial charge in [-0.15, -0.1) is 0 Å². The van der Waals surface area contributed by atoms with Crippen LogP contribution in [-0.2, 0) is 14.3 Å². The highest BCUT2D eigenvalue weighted by molar-refractivity contribution is 6.36. The Labute approximate surface area is 191 Å². The van der Waals surface area contributed by atoms with Crippen LogP contribution >= 0.6 is 0 Å². The number of imide groups is 1. The second-order valence-corrected chi connectivity index (χ2v) is 8.50. The number of carbonyl (C=O) groups excluding carboxylic acids is 2. The number of rotatable bonds is 10. The van der Waals surface area contributed by atoms with Crippen molar-refractivity contribution in [1.29, 1.82) is 0 Å². The van der Waals surface area contributed by atoms with E-state index in [1.165, 1.54) is 4.90 Å². The average molecular weight is 435 g/mol. The van der Waals surface area contributed by atoms with Crippen molar-refractivity contribution in [2.45, 2.75) is 53.9 Å². The number of unbranched alkanes of at least 4 members (excludes halogenated alkanes) is 1. The molecule has 3 rings (SSSR count). The van der Waals surface area contributed by atoms with Crippen molar-refractivity contribution in [3.8, 4) is 0 Å². The van der Waals surface area contributed by atoms with Gasteiger partial charge in [0.2, 0.25) is 0 Å². The lowest BCUT2D eigenvalue weighted by atomic mass is 9.99. The Hall–Kier alpha value is -2.92. The third kappa shape index (κ3) is 5.10. The first kappa shape index (κ1) is 23.7. The summed E-state index contributed by atoms with van der Waals surface area (Å²) in [6.07, 6.45) is 2.72. The fraction of sp³-hybridized carbons (Fsp3) is 0.407. The van der Waals surface area contributed by atoms with Crippen LogP contribution < -0.4 is 5.32 Å². The van der Waals surface area contributed by atoms with Crippen molar-refractivity contribution in [3.05, 3.63) is 69.9 Å². The summed E-state index contributed by atoms with van der Waals surface area (Å²) in [4.78, 5) is 28.1. The molecule has 0 saturated heterocycles. The maximum Gasteiger partial charge on any atom is 0.278 e. The third-order valence-electron chi connectivity index (χ3n) is 6.14. The van der Waals surface area contributed by atoms with Crippen LogP contribution in [0.5, 0.6) is 0 Å². The van der Waals surface area contributed by atoms with E-state index in [0.717, 1.165) is 46.3 Å². The second kappa shape index (κ2) is 10.6. The fourth-order valence-corrected chi connectivity index (χ4v) is 3.75. The molecule has 5 heteroatoms. The molecule has 0 unspecified atom stereocenters. The van der Waals surface area contributed by atoms with Gasteiger partial charge in [-0.25, -0.2) is 0 Å². The third-order valence-corrected chi connectivity index (χ3v) is 6.14. The molecule has 5 nitrogen and oxygen atoms in total. The highest BCUT2D eigenvalue weighted by Crippen LogP contribution is 2.32. The van der Waals surface area contributed by atoms with Gasteiger partial charge < -0.3 is 10.1 Å². The summed E-state index contributed by atoms with van der Waals surface area (Å²) in [5.41, 5.74) is 6.81. The van der Waals surface area contributed by atoms with Crippen LogP contribution in [0.25, 0.3) is 5.57 Å². The summed E-state index contributed by atoms with van der Waals surface area (Å²) in [5, 5.41) is 3.30. The second-order valence-electron chi connectivity index (χ2n) is 8.50. The van der Waals surface area contributed by atoms with Gasteiger partial charge in [-0.2, -0.15) is 0 Å². The van der Waals surface area contributed by atoms with E-state index in [-0.39, 0.29) is 11.8 Å². The average Bonchev–Trinajstić information content (AvgIpc) is 3.00. The van der Waals surface area contributed by atoms with Gasteiger partial charge in [0.15, 0.2) is 0 Å². The van der Waals surface area contributed by atoms with E-state index in [1.807, 2.05) is 64.1 Å². The SMILES string of the molecule is CCCCOCCCN1C(=O)C(Nc2cccc(C)c2C)=C(c2ccc(C)c(C)c2)C1=O. The number of nitrogens with zero attached hydrogens (tertiary/aromatic N) is 1. The minimum absolute atomic E-state index is 0.250. The van der Waals surface area contributed by atoms with Crippen LogP contribution in [0.2, 0.25) is 0 Å². The van der Waals surface area contributed by atoms with E-state index in [9.17, 15) is 9.59 Å². The highest BCUT2D eigenvalue weighted by Gasteiger charge is 2.39. The Morgan fingerprint density at radius 1 is 0.875 bits per heavy atom. The molecule has 0 spiro atoms. The molecule has 2 amide bonds. The number of amides is 2. The molecule has 0 atom stereocenters. The largest absolute Gasteiger partial charge is 0.381 e. The maximum atomic E-state index is 13.4. The van der Waals surface area contributed by atoms with E-state index in [0.29, 0.717) is 37.4 Å². The number of aryl methyl sites for hydroxylation is 3. The monoisotopic (exact) mass is 434 g/mol. The van der Waals surface area contributed by atoms with Gasteiger partial charge in [0.25, 0.3) is 11.8 Å². The van der Waals surface area contributed by atoms with Gasteiger partial charge in [0.1, 0.15) is 5.70 Å². The highest BCUT2D eigenvalue weighted by atomic mass is 16.5. The standard InChI is InChI=1S/C27H34N2O3/c1-6-7-15-32-16-9-14-29-26(30)24(22-13-12-18(2)20(4)17-22)25(27(29)31)28-23-11-8-10-19(3)21(23)5/h8,10-13,17,28H,6-7,9,14-16H2,1-5H3. The summed E-state index contributed by atoms with van der Waals surface area (Å²) < 4.78 is 5.62. The van der Waals surface area contributed by atoms with Crippen molar-refractivity contribution in [2.75, 3.05) is 25.1 Å². The summed E-state index contributed by atoms with van der Waals surface area (Å²) in [7, 11) is 0. The fourth-order valence-electron chi connectivity index (χ4n) is 3.75. The van der Waals surface area contributed by atoms with Crippen molar-refractivity contribution in [2.24, 2.45) is 0 Å². The molecule has 1 aliphatic heterocycles. The molecule has 0 fully saturated rings. The van der Waals surface area contributed by atoms with Crippen LogP contribution in [0, 0.1) is 27.7 Å². The number of hydrogen-bond acceptors (Lipinski definition) is 4. The van der Waals surface area contributed by atoms with Crippen LogP contribution in [0.4, 0.5) is 5.69 Å². The zero-order valence-corrected chi connectivity index (χ0v) is 19.9. The lowest BCUT2D eigenvalue weighted by molar-refractivity contribution is -0.137. The van der Waals surface area contributed by atoms with E-state index in [2.05, 4.69) is 12.2 Å². The van der Waals surface area contributed by atoms with Gasteiger partial charge in [-0.1, -0.05) is 43.7 Å². The van der Waals surface area contributed by atoms with Gasteiger partial charge in [0, 0.05) is 25.4 Å². The number of benzene rings is 2. The van der Waals surface area contributed by atoms with Crippen LogP contribution in [-0.4, -0.2) is 36.5 Å². The van der Waals surface area contributed by atoms with Gasteiger partial charge in [0.05, 0.1) is 5.57 Å². The quantitative estimate of drug-likeness (QED) is 0.406. The van der Waals surface area contributed by atoms with Crippen LogP contribution in [0.3, 0.4) is 0 Å². The summed E-state index contributed by atoms with van der Waals surface area (Å²) in [5.74, 6) is -0.530. The predicted octanol–water partition coefficient (Wildman–Crippen LogP) is 5.32. The molecule has 1 aliphatic rings. The Bertz CT molecular complexity index is 1040. The normalized spacial score (nSPS) is 14.0. The number of ether oxygens (including phenoxy) is 1. The maximum absolute atomic E-state index is 13.4. The zero-order chi connectivity index (χ0) is 23.3. The summed E-state index contributed by atoms with van der Waals surface area (Å²) in [6.45, 7) is 11.8. The number of anilines is 1. The zero-order valence-electron chi connectivity index (χ0n) is 19.9. The Kier molecular flexibility index (Phi) is 7.86. The van der Waals surface area contributed by atoms with Crippen LogP contribution in [0.15, 0.2) is 42.1 Å². The van der Waals surface area contributed by atoms with Crippen molar-refractivity contribution in [1.82, 2.24) is 4.90 Å². The summed E-state index contributed by atoms with van der Waals surface area (Å²) in [6, 6.07) is 11.8. The molecule has 1 heterocycles. The first-order valence-corrected chi connectivity index (χ1v) is 11.4. The predicted molar refractivity (Wildman–Crippen MR) is 129 cm³/mol. The van der Waals surface area contributed by atoms with Crippen LogP contribution in [0.1, 0.15) is 54.0 Å². The lowest BCUT2D eigenvalue weighted by Gasteiger charge is -2.16. The molecule has 0 aliphatic carbocycles. The van der Waals surface area contributed by atoms with Gasteiger partial charge >= 0.3 is 0 Å². The number of carbonyl (C=O) groups is 2. The van der Waals surface area contributed by atoms with Gasteiger partial charge in [-0.05, 0) is 74.4 Å². The van der Waals surface area contributed by atoms with Crippen molar-refractivity contribution >= 4 is 23.1 Å². The van der Waals surface area contributed by atoms with E-state index >= 15 is 0 Å². The first-order valence-electron chi connectivity index (χ1n) is 11.4. The molecule has 1 N–H and O–H groups in total. The molecule has 170 valence electrons. The number of hydrogen-bond donors (Lipinski definition) is 1. The molecule has 0 radical (unpaired) electrons. The van der Waals surface area contributed by atoms with E-state index in [1.54, 1.807) is 0 Å². The van der Waals surface area contributed by atoms with E-state index in [4.69, 9.17) is 4.74 Å². The molecule has 2 aromatic carbocycles. The molecule has 0 bridgehead atoms. The van der Waals surface area contributed by atoms with Crippen molar-refractivity contribution in [3.63, 3.8) is 0 Å². The molecular weight excluding hydrogens is 400 g/mol. The molecule has 0 aromatic heterocycles. The van der Waals surface area contributed by atoms with Gasteiger partial charge in [-0.3, -0.25) is 14.5 Å². The Morgan fingerprint density at radius 3 is 2.34 bits per heavy atom. The summed E-state index contributed by atoms with van der Waals surface area (Å²) >= 11 is 0. The smallest absolute Gasteiger partial charge is 0.278 e. The Morgan fingerprint density at radius 2 is 1.62 bits per heavy atom. The molecule has 0 saturated carbocycles. The topological polar surface area (TPSA) is 58.6 Å². The minimum atomic E-state index is -0.280. The van der Waals surface area contributed by atoms with Crippen molar-refractivity contribution < 1.29 is 14.3 Å².